The number of nitrogens with zero attached hydrogens (tertiary/aromatic N) is 2. The summed E-state index contributed by atoms with van der Waals surface area (Å²) in [5.74, 6) is 0. The van der Waals surface area contributed by atoms with Gasteiger partial charge in [-0.15, -0.1) is 0 Å². The second-order valence-electron chi connectivity index (χ2n) is 3.90. The highest BCUT2D eigenvalue weighted by Crippen LogP contribution is 2.08. The van der Waals surface area contributed by atoms with Gasteiger partial charge >= 0.3 is 0 Å². The maximum atomic E-state index is 11.6. The van der Waals surface area contributed by atoms with Gasteiger partial charge in [-0.3, -0.25) is 9.48 Å². The molecule has 4 nitrogen and oxygen atoms in total. The van der Waals surface area contributed by atoms with Gasteiger partial charge in [-0.05, 0) is 26.1 Å². The minimum Gasteiger partial charge on any atom is -0.315 e. The average Bonchev–Trinajstić information content (AvgIpc) is 2.33. The largest absolute Gasteiger partial charge is 0.315 e. The zero-order chi connectivity index (χ0) is 11.5. The van der Waals surface area contributed by atoms with Crippen LogP contribution < -0.4 is 10.7 Å². The molecule has 4 heteroatoms. The highest BCUT2D eigenvalue weighted by atomic mass is 16.1. The molecule has 1 heterocycles. The molecule has 0 aliphatic carbocycles. The van der Waals surface area contributed by atoms with Gasteiger partial charge in [-0.25, -0.2) is 0 Å². The molecule has 0 saturated heterocycles. The second-order valence-corrected chi connectivity index (χ2v) is 3.90. The summed E-state index contributed by atoms with van der Waals surface area (Å²) in [6.07, 6.45) is 1.38. The van der Waals surface area contributed by atoms with Crippen molar-refractivity contribution in [3.05, 3.63) is 40.7 Å². The van der Waals surface area contributed by atoms with Crippen molar-refractivity contribution >= 4 is 10.9 Å². The van der Waals surface area contributed by atoms with E-state index >= 15 is 0 Å². The molecule has 0 spiro atoms. The van der Waals surface area contributed by atoms with Gasteiger partial charge in [-0.2, -0.15) is 5.10 Å². The first-order valence-corrected chi connectivity index (χ1v) is 5.34. The Morgan fingerprint density at radius 1 is 1.44 bits per heavy atom. The van der Waals surface area contributed by atoms with E-state index < -0.39 is 0 Å². The lowest BCUT2D eigenvalue weighted by atomic mass is 10.2. The van der Waals surface area contributed by atoms with E-state index in [1.165, 1.54) is 6.20 Å². The van der Waals surface area contributed by atoms with Gasteiger partial charge in [-0.1, -0.05) is 12.1 Å². The van der Waals surface area contributed by atoms with Crippen LogP contribution in [0.15, 0.2) is 35.3 Å². The van der Waals surface area contributed by atoms with Crippen molar-refractivity contribution < 1.29 is 0 Å². The lowest BCUT2D eigenvalue weighted by Gasteiger charge is -2.13. The molecule has 84 valence electrons. The lowest BCUT2D eigenvalue weighted by Crippen LogP contribution is -2.28. The molecular formula is C12H15N3O. The minimum absolute atomic E-state index is 0.0241. The molecule has 0 saturated carbocycles. The number of benzene rings is 1. The van der Waals surface area contributed by atoms with E-state index in [1.807, 2.05) is 36.0 Å². The summed E-state index contributed by atoms with van der Waals surface area (Å²) < 4.78 is 1.86. The Kier molecular flexibility index (Phi) is 3.01. The highest BCUT2D eigenvalue weighted by Gasteiger charge is 2.05. The van der Waals surface area contributed by atoms with E-state index in [1.54, 1.807) is 0 Å². The van der Waals surface area contributed by atoms with Crippen LogP contribution in [-0.2, 0) is 6.54 Å². The molecule has 2 rings (SSSR count). The Bertz CT molecular complexity index is 547. The number of fused-ring (bicyclic) bond motifs is 1. The van der Waals surface area contributed by atoms with Crippen LogP contribution in [0.25, 0.3) is 10.9 Å². The minimum atomic E-state index is -0.0241. The Morgan fingerprint density at radius 2 is 2.19 bits per heavy atom. The summed E-state index contributed by atoms with van der Waals surface area (Å²) in [5, 5.41) is 8.04. The third-order valence-corrected chi connectivity index (χ3v) is 2.70. The number of hydrogen-bond acceptors (Lipinski definition) is 3. The molecule has 2 aromatic rings. The van der Waals surface area contributed by atoms with Crippen LogP contribution in [-0.4, -0.2) is 22.9 Å². The monoisotopic (exact) mass is 217 g/mol. The Balaban J connectivity index is 2.54. The molecule has 1 atom stereocenters. The molecule has 0 aliphatic heterocycles. The van der Waals surface area contributed by atoms with Gasteiger partial charge < -0.3 is 5.32 Å². The number of aromatic nitrogens is 2. The fourth-order valence-electron chi connectivity index (χ4n) is 1.66. The predicted octanol–water partition coefficient (Wildman–Crippen LogP) is 1.00. The quantitative estimate of drug-likeness (QED) is 0.834. The first kappa shape index (κ1) is 10.8. The van der Waals surface area contributed by atoms with Gasteiger partial charge in [0, 0.05) is 11.4 Å². The van der Waals surface area contributed by atoms with Crippen LogP contribution in [0.3, 0.4) is 0 Å². The van der Waals surface area contributed by atoms with Crippen LogP contribution in [0, 0.1) is 0 Å². The van der Waals surface area contributed by atoms with E-state index in [9.17, 15) is 4.79 Å². The Morgan fingerprint density at radius 3 is 2.94 bits per heavy atom. The van der Waals surface area contributed by atoms with Crippen molar-refractivity contribution in [1.82, 2.24) is 15.1 Å². The summed E-state index contributed by atoms with van der Waals surface area (Å²) in [6, 6.07) is 7.87. The van der Waals surface area contributed by atoms with Crippen molar-refractivity contribution in [3.63, 3.8) is 0 Å². The summed E-state index contributed by atoms with van der Waals surface area (Å²) >= 11 is 0. The molecule has 0 radical (unpaired) electrons. The van der Waals surface area contributed by atoms with Crippen molar-refractivity contribution in [2.75, 3.05) is 7.05 Å². The molecule has 1 aromatic heterocycles. The molecule has 1 aromatic carbocycles. The molecule has 0 bridgehead atoms. The fourth-order valence-corrected chi connectivity index (χ4v) is 1.66. The predicted molar refractivity (Wildman–Crippen MR) is 64.5 cm³/mol. The average molecular weight is 217 g/mol. The second kappa shape index (κ2) is 4.45. The van der Waals surface area contributed by atoms with Crippen molar-refractivity contribution in [2.24, 2.45) is 0 Å². The van der Waals surface area contributed by atoms with Crippen LogP contribution in [0.4, 0.5) is 0 Å². The fraction of sp³-hybridized carbons (Fsp3) is 0.333. The smallest absolute Gasteiger partial charge is 0.207 e. The molecule has 1 N–H and O–H groups in total. The number of likely N-dealkylation sites (N-methyl/N-ethyl adjacent to an activating group) is 1. The van der Waals surface area contributed by atoms with Gasteiger partial charge in [0.2, 0.25) is 5.43 Å². The molecule has 16 heavy (non-hydrogen) atoms. The molecule has 0 amide bonds. The van der Waals surface area contributed by atoms with Gasteiger partial charge in [0.1, 0.15) is 0 Å². The maximum Gasteiger partial charge on any atom is 0.207 e. The normalized spacial score (nSPS) is 12.9. The summed E-state index contributed by atoms with van der Waals surface area (Å²) in [7, 11) is 1.91. The zero-order valence-electron chi connectivity index (χ0n) is 9.47. The molecule has 1 unspecified atom stereocenters. The van der Waals surface area contributed by atoms with E-state index in [0.29, 0.717) is 6.04 Å². The molecule has 0 fully saturated rings. The van der Waals surface area contributed by atoms with E-state index in [-0.39, 0.29) is 5.43 Å². The van der Waals surface area contributed by atoms with Crippen molar-refractivity contribution in [1.29, 1.82) is 0 Å². The van der Waals surface area contributed by atoms with Crippen LogP contribution >= 0.6 is 0 Å². The Hall–Kier alpha value is -1.68. The summed E-state index contributed by atoms with van der Waals surface area (Å²) in [4.78, 5) is 11.6. The number of rotatable bonds is 3. The summed E-state index contributed by atoms with van der Waals surface area (Å²) in [6.45, 7) is 2.83. The van der Waals surface area contributed by atoms with Crippen molar-refractivity contribution in [3.8, 4) is 0 Å². The molecule has 0 aliphatic rings. The van der Waals surface area contributed by atoms with Crippen LogP contribution in [0.1, 0.15) is 6.92 Å². The SMILES string of the molecule is CNC(C)Cn1ncc(=O)c2ccccc21. The zero-order valence-corrected chi connectivity index (χ0v) is 9.47. The maximum absolute atomic E-state index is 11.6. The summed E-state index contributed by atoms with van der Waals surface area (Å²) in [5.41, 5.74) is 0.862. The van der Waals surface area contributed by atoms with Gasteiger partial charge in [0.25, 0.3) is 0 Å². The van der Waals surface area contributed by atoms with Crippen LogP contribution in [0.5, 0.6) is 0 Å². The van der Waals surface area contributed by atoms with Gasteiger partial charge in [0.15, 0.2) is 0 Å². The highest BCUT2D eigenvalue weighted by molar-refractivity contribution is 5.77. The number of hydrogen-bond donors (Lipinski definition) is 1. The van der Waals surface area contributed by atoms with E-state index in [4.69, 9.17) is 0 Å². The lowest BCUT2D eigenvalue weighted by molar-refractivity contribution is 0.487. The first-order chi connectivity index (χ1) is 7.72. The first-order valence-electron chi connectivity index (χ1n) is 5.34. The standard InChI is InChI=1S/C12H15N3O/c1-9(13-2)8-15-11-6-4-3-5-10(11)12(16)7-14-15/h3-7,9,13H,8H2,1-2H3. The topological polar surface area (TPSA) is 46.9 Å². The van der Waals surface area contributed by atoms with Gasteiger partial charge in [0.05, 0.1) is 18.3 Å². The van der Waals surface area contributed by atoms with Crippen molar-refractivity contribution in [2.45, 2.75) is 19.5 Å². The van der Waals surface area contributed by atoms with Crippen LogP contribution in [0.2, 0.25) is 0 Å². The number of nitrogens with one attached hydrogen (secondary N) is 1. The number of para-hydroxylation sites is 1. The third kappa shape index (κ3) is 1.97. The molecular weight excluding hydrogens is 202 g/mol. The Labute approximate surface area is 93.9 Å². The van der Waals surface area contributed by atoms with E-state index in [0.717, 1.165) is 17.4 Å². The van der Waals surface area contributed by atoms with E-state index in [2.05, 4.69) is 17.3 Å². The third-order valence-electron chi connectivity index (χ3n) is 2.70.